The van der Waals surface area contributed by atoms with Crippen molar-refractivity contribution in [2.24, 2.45) is 11.5 Å². The molecule has 1 heterocycles. The zero-order chi connectivity index (χ0) is 17.1. The highest BCUT2D eigenvalue weighted by Gasteiger charge is 2.24. The van der Waals surface area contributed by atoms with E-state index in [0.29, 0.717) is 5.56 Å². The van der Waals surface area contributed by atoms with Crippen molar-refractivity contribution in [1.82, 2.24) is 9.88 Å². The quantitative estimate of drug-likeness (QED) is 0.682. The molecule has 1 aromatic carbocycles. The van der Waals surface area contributed by atoms with Crippen molar-refractivity contribution >= 4 is 17.7 Å². The molecule has 120 valence electrons. The summed E-state index contributed by atoms with van der Waals surface area (Å²) in [5, 5.41) is 2.21. The van der Waals surface area contributed by atoms with Gasteiger partial charge in [-0.2, -0.15) is 0 Å². The number of carbonyl (C=O) groups is 3. The molecule has 0 atom stereocenters. The fraction of sp³-hybridized carbons (Fsp3) is 0.188. The fourth-order valence-corrected chi connectivity index (χ4v) is 2.33. The van der Waals surface area contributed by atoms with E-state index in [-0.39, 0.29) is 0 Å². The molecule has 0 unspecified atom stereocenters. The second-order valence-electron chi connectivity index (χ2n) is 5.21. The number of hydrogen-bond acceptors (Lipinski definition) is 3. The minimum Gasteiger partial charge on any atom is -0.367 e. The van der Waals surface area contributed by atoms with Crippen LogP contribution in [0.15, 0.2) is 36.4 Å². The number of aryl methyl sites for hydroxylation is 2. The second kappa shape index (κ2) is 6.35. The fourth-order valence-electron chi connectivity index (χ4n) is 2.33. The molecule has 2 aromatic rings. The number of hydrogen-bond donors (Lipinski definition) is 3. The lowest BCUT2D eigenvalue weighted by molar-refractivity contribution is -0.128. The Kier molecular flexibility index (Phi) is 4.49. The van der Waals surface area contributed by atoms with Gasteiger partial charge >= 0.3 is 0 Å². The summed E-state index contributed by atoms with van der Waals surface area (Å²) in [7, 11) is 0. The van der Waals surface area contributed by atoms with Crippen LogP contribution in [0.25, 0.3) is 5.69 Å². The van der Waals surface area contributed by atoms with E-state index in [0.717, 1.165) is 17.1 Å². The first-order valence-corrected chi connectivity index (χ1v) is 6.96. The Bertz CT molecular complexity index is 729. The summed E-state index contributed by atoms with van der Waals surface area (Å²) in [5.41, 5.74) is 13.4. The lowest BCUT2D eigenvalue weighted by atomic mass is 10.1. The van der Waals surface area contributed by atoms with Crippen LogP contribution < -0.4 is 16.8 Å². The SMILES string of the molecule is Cc1ccc(C)n1-c1ccc(C(=O)NC(C(N)=O)C(N)=O)cc1. The van der Waals surface area contributed by atoms with Gasteiger partial charge in [-0.1, -0.05) is 0 Å². The molecule has 0 aliphatic heterocycles. The largest absolute Gasteiger partial charge is 0.367 e. The Balaban J connectivity index is 2.21. The summed E-state index contributed by atoms with van der Waals surface area (Å²) >= 11 is 0. The number of amides is 3. The predicted octanol–water partition coefficient (Wildman–Crippen LogP) is 0.163. The molecule has 0 saturated heterocycles. The van der Waals surface area contributed by atoms with Crippen molar-refractivity contribution in [3.63, 3.8) is 0 Å². The molecule has 0 radical (unpaired) electrons. The second-order valence-corrected chi connectivity index (χ2v) is 5.21. The summed E-state index contributed by atoms with van der Waals surface area (Å²) in [6, 6.07) is 9.22. The molecule has 7 nitrogen and oxygen atoms in total. The summed E-state index contributed by atoms with van der Waals surface area (Å²) in [6.45, 7) is 3.97. The Morgan fingerprint density at radius 3 is 1.83 bits per heavy atom. The molecule has 0 saturated carbocycles. The highest BCUT2D eigenvalue weighted by Crippen LogP contribution is 2.16. The third-order valence-corrected chi connectivity index (χ3v) is 3.50. The van der Waals surface area contributed by atoms with Gasteiger partial charge in [0.25, 0.3) is 5.91 Å². The summed E-state index contributed by atoms with van der Waals surface area (Å²) in [4.78, 5) is 34.3. The molecule has 3 amide bonds. The van der Waals surface area contributed by atoms with Crippen LogP contribution in [0.1, 0.15) is 21.7 Å². The van der Waals surface area contributed by atoms with Crippen LogP contribution in [0.4, 0.5) is 0 Å². The topological polar surface area (TPSA) is 120 Å². The standard InChI is InChI=1S/C16H18N4O3/c1-9-3-4-10(2)20(9)12-7-5-11(6-8-12)16(23)19-13(14(17)21)15(18)22/h3-8,13H,1-2H3,(H2,17,21)(H2,18,22)(H,19,23). The van der Waals surface area contributed by atoms with Gasteiger partial charge in [-0.25, -0.2) is 0 Å². The molecule has 0 aliphatic carbocycles. The van der Waals surface area contributed by atoms with Crippen LogP contribution in [0.3, 0.4) is 0 Å². The molecule has 5 N–H and O–H groups in total. The van der Waals surface area contributed by atoms with Gasteiger partial charge in [-0.05, 0) is 50.2 Å². The molecule has 23 heavy (non-hydrogen) atoms. The van der Waals surface area contributed by atoms with E-state index in [4.69, 9.17) is 11.5 Å². The zero-order valence-corrected chi connectivity index (χ0v) is 12.9. The summed E-state index contributed by atoms with van der Waals surface area (Å²) in [6.07, 6.45) is 0. The van der Waals surface area contributed by atoms with Gasteiger partial charge in [0.15, 0.2) is 6.04 Å². The maximum Gasteiger partial charge on any atom is 0.252 e. The zero-order valence-electron chi connectivity index (χ0n) is 12.9. The van der Waals surface area contributed by atoms with Gasteiger partial charge in [-0.3, -0.25) is 14.4 Å². The molecule has 0 fully saturated rings. The monoisotopic (exact) mass is 314 g/mol. The number of primary amides is 2. The van der Waals surface area contributed by atoms with Crippen LogP contribution in [-0.2, 0) is 9.59 Å². The van der Waals surface area contributed by atoms with Crippen molar-refractivity contribution < 1.29 is 14.4 Å². The molecule has 0 bridgehead atoms. The van der Waals surface area contributed by atoms with E-state index < -0.39 is 23.8 Å². The Labute approximate surface area is 133 Å². The molecule has 0 spiro atoms. The maximum atomic E-state index is 12.1. The first kappa shape index (κ1) is 16.3. The predicted molar refractivity (Wildman–Crippen MR) is 84.9 cm³/mol. The van der Waals surface area contributed by atoms with Crippen molar-refractivity contribution in [3.8, 4) is 5.69 Å². The van der Waals surface area contributed by atoms with Crippen LogP contribution in [0.2, 0.25) is 0 Å². The first-order chi connectivity index (χ1) is 10.8. The smallest absolute Gasteiger partial charge is 0.252 e. The van der Waals surface area contributed by atoms with E-state index in [9.17, 15) is 14.4 Å². The van der Waals surface area contributed by atoms with Crippen molar-refractivity contribution in [3.05, 3.63) is 53.3 Å². The number of rotatable bonds is 5. The Morgan fingerprint density at radius 2 is 1.39 bits per heavy atom. The van der Waals surface area contributed by atoms with Gasteiger partial charge in [-0.15, -0.1) is 0 Å². The minimum atomic E-state index is -1.53. The minimum absolute atomic E-state index is 0.295. The number of nitrogens with one attached hydrogen (secondary N) is 1. The molecule has 1 aromatic heterocycles. The van der Waals surface area contributed by atoms with E-state index in [1.165, 1.54) is 0 Å². The lowest BCUT2D eigenvalue weighted by Gasteiger charge is -2.13. The number of carbonyl (C=O) groups excluding carboxylic acids is 3. The summed E-state index contributed by atoms with van der Waals surface area (Å²) < 4.78 is 2.04. The van der Waals surface area contributed by atoms with E-state index in [1.54, 1.807) is 24.3 Å². The molecular formula is C16H18N4O3. The molecule has 0 aliphatic rings. The average molecular weight is 314 g/mol. The van der Waals surface area contributed by atoms with E-state index in [2.05, 4.69) is 5.32 Å². The van der Waals surface area contributed by atoms with Crippen molar-refractivity contribution in [1.29, 1.82) is 0 Å². The van der Waals surface area contributed by atoms with Gasteiger partial charge in [0.05, 0.1) is 0 Å². The van der Waals surface area contributed by atoms with Crippen molar-refractivity contribution in [2.75, 3.05) is 0 Å². The molecular weight excluding hydrogens is 296 g/mol. The van der Waals surface area contributed by atoms with E-state index in [1.807, 2.05) is 30.5 Å². The highest BCUT2D eigenvalue weighted by molar-refractivity contribution is 6.08. The Hall–Kier alpha value is -3.09. The highest BCUT2D eigenvalue weighted by atomic mass is 16.2. The first-order valence-electron chi connectivity index (χ1n) is 6.96. The number of aromatic nitrogens is 1. The van der Waals surface area contributed by atoms with Crippen LogP contribution in [0, 0.1) is 13.8 Å². The van der Waals surface area contributed by atoms with Gasteiger partial charge in [0.1, 0.15) is 0 Å². The van der Waals surface area contributed by atoms with Crippen LogP contribution in [0.5, 0.6) is 0 Å². The number of nitrogens with zero attached hydrogens (tertiary/aromatic N) is 1. The maximum absolute atomic E-state index is 12.1. The van der Waals surface area contributed by atoms with Crippen LogP contribution in [-0.4, -0.2) is 28.3 Å². The average Bonchev–Trinajstić information content (AvgIpc) is 2.83. The third kappa shape index (κ3) is 3.39. The summed E-state index contributed by atoms with van der Waals surface area (Å²) in [5.74, 6) is -2.60. The van der Waals surface area contributed by atoms with Gasteiger partial charge in [0, 0.05) is 22.6 Å². The molecule has 2 rings (SSSR count). The van der Waals surface area contributed by atoms with E-state index >= 15 is 0 Å². The normalized spacial score (nSPS) is 10.6. The van der Waals surface area contributed by atoms with Gasteiger partial charge in [0.2, 0.25) is 11.8 Å². The third-order valence-electron chi connectivity index (χ3n) is 3.50. The number of benzene rings is 1. The lowest BCUT2D eigenvalue weighted by Crippen LogP contribution is -2.52. The molecule has 7 heteroatoms. The number of nitrogens with two attached hydrogens (primary N) is 2. The van der Waals surface area contributed by atoms with Gasteiger partial charge < -0.3 is 21.4 Å². The van der Waals surface area contributed by atoms with Crippen molar-refractivity contribution in [2.45, 2.75) is 19.9 Å². The van der Waals surface area contributed by atoms with Crippen LogP contribution >= 0.6 is 0 Å². The Morgan fingerprint density at radius 1 is 0.913 bits per heavy atom.